The van der Waals surface area contributed by atoms with Crippen LogP contribution in [0.15, 0.2) is 53.3 Å². The van der Waals surface area contributed by atoms with E-state index < -0.39 is 5.91 Å². The largest absolute Gasteiger partial charge is 0.507 e. The van der Waals surface area contributed by atoms with Crippen molar-refractivity contribution in [2.75, 3.05) is 10.6 Å². The Kier molecular flexibility index (Phi) is 5.31. The molecule has 29 heavy (non-hydrogen) atoms. The Morgan fingerprint density at radius 3 is 2.48 bits per heavy atom. The number of anilines is 3. The summed E-state index contributed by atoms with van der Waals surface area (Å²) in [6, 6.07) is 10.0. The zero-order chi connectivity index (χ0) is 20.5. The highest BCUT2D eigenvalue weighted by molar-refractivity contribution is 9.10. The maximum absolute atomic E-state index is 12.6. The number of aromatic amines is 1. The fourth-order valence-electron chi connectivity index (χ4n) is 2.67. The van der Waals surface area contributed by atoms with Gasteiger partial charge in [-0.05, 0) is 30.3 Å². The van der Waals surface area contributed by atoms with Crippen molar-refractivity contribution in [3.8, 4) is 5.75 Å². The average Bonchev–Trinajstić information content (AvgIpc) is 3.07. The zero-order valence-electron chi connectivity index (χ0n) is 14.5. The van der Waals surface area contributed by atoms with Gasteiger partial charge in [0.2, 0.25) is 5.95 Å². The molecule has 4 N–H and O–H groups in total. The van der Waals surface area contributed by atoms with E-state index >= 15 is 0 Å². The molecule has 10 heteroatoms. The van der Waals surface area contributed by atoms with Crippen molar-refractivity contribution in [3.05, 3.63) is 68.9 Å². The number of aromatic hydroxyl groups is 1. The van der Waals surface area contributed by atoms with Crippen molar-refractivity contribution in [1.29, 1.82) is 0 Å². The van der Waals surface area contributed by atoms with Crippen LogP contribution in [0.25, 0.3) is 11.0 Å². The summed E-state index contributed by atoms with van der Waals surface area (Å²) in [7, 11) is 0. The summed E-state index contributed by atoms with van der Waals surface area (Å²) < 4.78 is 0.895. The van der Waals surface area contributed by atoms with E-state index in [9.17, 15) is 9.90 Å². The van der Waals surface area contributed by atoms with Crippen molar-refractivity contribution in [1.82, 2.24) is 15.0 Å². The Balaban J connectivity index is 1.63. The lowest BCUT2D eigenvalue weighted by molar-refractivity contribution is 0.102. The van der Waals surface area contributed by atoms with E-state index in [1.165, 1.54) is 24.5 Å². The summed E-state index contributed by atoms with van der Waals surface area (Å²) in [6.45, 7) is 0. The van der Waals surface area contributed by atoms with E-state index in [1.54, 1.807) is 24.3 Å². The summed E-state index contributed by atoms with van der Waals surface area (Å²) in [5, 5.41) is 16.7. The quantitative estimate of drug-likeness (QED) is 0.291. The zero-order valence-corrected chi connectivity index (χ0v) is 17.6. The third-order valence-electron chi connectivity index (χ3n) is 4.04. The third kappa shape index (κ3) is 4.14. The third-order valence-corrected chi connectivity index (χ3v) is 5.14. The van der Waals surface area contributed by atoms with Crippen LogP contribution in [0.2, 0.25) is 10.0 Å². The molecule has 7 nitrogen and oxygen atoms in total. The number of imidazole rings is 1. The first kappa shape index (κ1) is 19.5. The number of hydrogen-bond acceptors (Lipinski definition) is 5. The summed E-state index contributed by atoms with van der Waals surface area (Å²) in [5.74, 6) is -0.291. The number of fused-ring (bicyclic) bond motifs is 1. The van der Waals surface area contributed by atoms with E-state index in [1.807, 2.05) is 0 Å². The highest BCUT2D eigenvalue weighted by Crippen LogP contribution is 2.32. The van der Waals surface area contributed by atoms with Gasteiger partial charge in [-0.1, -0.05) is 39.1 Å². The van der Waals surface area contributed by atoms with Gasteiger partial charge >= 0.3 is 0 Å². The number of rotatable bonds is 4. The Hall–Kier alpha value is -2.81. The van der Waals surface area contributed by atoms with E-state index in [4.69, 9.17) is 23.2 Å². The number of nitrogens with one attached hydrogen (secondary N) is 3. The summed E-state index contributed by atoms with van der Waals surface area (Å²) in [5.41, 5.74) is 2.17. The lowest BCUT2D eigenvalue weighted by Gasteiger charge is -2.07. The molecule has 0 unspecified atom stereocenters. The molecule has 0 bridgehead atoms. The number of halogens is 3. The molecule has 0 radical (unpaired) electrons. The molecule has 2 aromatic heterocycles. The van der Waals surface area contributed by atoms with Gasteiger partial charge in [0.25, 0.3) is 5.91 Å². The van der Waals surface area contributed by atoms with Gasteiger partial charge in [0.15, 0.2) is 0 Å². The number of nitrogens with zero attached hydrogens (tertiary/aromatic N) is 2. The van der Waals surface area contributed by atoms with Gasteiger partial charge in [-0.15, -0.1) is 0 Å². The fourth-order valence-corrected chi connectivity index (χ4v) is 3.39. The standard InChI is InChI=1S/C19H12BrCl2N5O2/c20-9-1-3-10(4-2-9)24-18(29)11-5-14-15(6-16(11)28)26-19(25-14)27-17-12(21)7-23-8-13(17)22/h1-8,28H,(H,24,29)(H2,23,25,26,27). The van der Waals surface area contributed by atoms with Gasteiger partial charge in [-0.2, -0.15) is 0 Å². The Morgan fingerprint density at radius 2 is 1.79 bits per heavy atom. The molecule has 0 saturated carbocycles. The SMILES string of the molecule is O=C(Nc1ccc(Br)cc1)c1cc2[nH]c(Nc3c(Cl)cncc3Cl)nc2cc1O. The second-order valence-corrected chi connectivity index (χ2v) is 7.77. The first-order chi connectivity index (χ1) is 13.9. The van der Waals surface area contributed by atoms with Crippen molar-refractivity contribution in [2.45, 2.75) is 0 Å². The summed E-state index contributed by atoms with van der Waals surface area (Å²) in [4.78, 5) is 23.9. The number of carbonyl (C=O) groups is 1. The monoisotopic (exact) mass is 491 g/mol. The van der Waals surface area contributed by atoms with E-state index in [0.717, 1.165) is 4.47 Å². The summed E-state index contributed by atoms with van der Waals surface area (Å²) >= 11 is 15.6. The Labute approximate surface area is 183 Å². The van der Waals surface area contributed by atoms with Crippen LogP contribution in [-0.4, -0.2) is 26.0 Å². The van der Waals surface area contributed by atoms with Crippen LogP contribution < -0.4 is 10.6 Å². The van der Waals surface area contributed by atoms with Crippen LogP contribution in [0.3, 0.4) is 0 Å². The average molecular weight is 493 g/mol. The van der Waals surface area contributed by atoms with Crippen molar-refractivity contribution in [3.63, 3.8) is 0 Å². The number of phenols is 1. The van der Waals surface area contributed by atoms with Crippen LogP contribution in [0.5, 0.6) is 5.75 Å². The Bertz CT molecular complexity index is 1210. The molecule has 0 saturated heterocycles. The van der Waals surface area contributed by atoms with Gasteiger partial charge in [0.1, 0.15) is 5.75 Å². The minimum absolute atomic E-state index is 0.107. The van der Waals surface area contributed by atoms with Gasteiger partial charge in [-0.3, -0.25) is 9.78 Å². The first-order valence-corrected chi connectivity index (χ1v) is 9.81. The number of phenolic OH excluding ortho intramolecular Hbond substituents is 1. The maximum atomic E-state index is 12.6. The van der Waals surface area contributed by atoms with Crippen molar-refractivity contribution in [2.24, 2.45) is 0 Å². The van der Waals surface area contributed by atoms with E-state index in [0.29, 0.717) is 38.4 Å². The van der Waals surface area contributed by atoms with Gasteiger partial charge < -0.3 is 20.7 Å². The minimum Gasteiger partial charge on any atom is -0.507 e. The second-order valence-electron chi connectivity index (χ2n) is 6.04. The lowest BCUT2D eigenvalue weighted by atomic mass is 10.1. The maximum Gasteiger partial charge on any atom is 0.259 e. The molecule has 4 aromatic rings. The van der Waals surface area contributed by atoms with Gasteiger partial charge in [-0.25, -0.2) is 4.98 Å². The lowest BCUT2D eigenvalue weighted by Crippen LogP contribution is -2.12. The number of hydrogen-bond donors (Lipinski definition) is 4. The van der Waals surface area contributed by atoms with Crippen LogP contribution in [0, 0.1) is 0 Å². The fraction of sp³-hybridized carbons (Fsp3) is 0. The number of carbonyl (C=O) groups excluding carboxylic acids is 1. The number of H-pyrrole nitrogens is 1. The van der Waals surface area contributed by atoms with Crippen molar-refractivity contribution < 1.29 is 9.90 Å². The first-order valence-electron chi connectivity index (χ1n) is 8.26. The molecule has 0 aliphatic rings. The molecular weight excluding hydrogens is 481 g/mol. The molecule has 0 fully saturated rings. The highest BCUT2D eigenvalue weighted by atomic mass is 79.9. The number of benzene rings is 2. The smallest absolute Gasteiger partial charge is 0.259 e. The van der Waals surface area contributed by atoms with Gasteiger partial charge in [0, 0.05) is 28.6 Å². The normalized spacial score (nSPS) is 10.9. The number of aromatic nitrogens is 3. The summed E-state index contributed by atoms with van der Waals surface area (Å²) in [6.07, 6.45) is 2.91. The predicted molar refractivity (Wildman–Crippen MR) is 117 cm³/mol. The topological polar surface area (TPSA) is 103 Å². The number of amides is 1. The molecule has 1 amide bonds. The molecule has 2 aromatic carbocycles. The van der Waals surface area contributed by atoms with E-state index in [2.05, 4.69) is 41.5 Å². The Morgan fingerprint density at radius 1 is 1.10 bits per heavy atom. The molecule has 0 atom stereocenters. The molecule has 146 valence electrons. The minimum atomic E-state index is -0.448. The van der Waals surface area contributed by atoms with Crippen LogP contribution in [0.4, 0.5) is 17.3 Å². The molecule has 2 heterocycles. The second kappa shape index (κ2) is 7.90. The molecule has 0 spiro atoms. The van der Waals surface area contributed by atoms with Crippen molar-refractivity contribution >= 4 is 73.4 Å². The molecule has 0 aliphatic heterocycles. The van der Waals surface area contributed by atoms with Gasteiger partial charge in [0.05, 0.1) is 32.3 Å². The molecular formula is C19H12BrCl2N5O2. The van der Waals surface area contributed by atoms with E-state index in [-0.39, 0.29) is 11.3 Å². The van der Waals surface area contributed by atoms with Crippen LogP contribution in [-0.2, 0) is 0 Å². The highest BCUT2D eigenvalue weighted by Gasteiger charge is 2.16. The number of pyridine rings is 1. The predicted octanol–water partition coefficient (Wildman–Crippen LogP) is 5.73. The van der Waals surface area contributed by atoms with Crippen LogP contribution in [0.1, 0.15) is 10.4 Å². The molecule has 4 rings (SSSR count). The van der Waals surface area contributed by atoms with Crippen LogP contribution >= 0.6 is 39.1 Å². The molecule has 0 aliphatic carbocycles.